The van der Waals surface area contributed by atoms with Gasteiger partial charge in [-0.05, 0) is 48.0 Å². The van der Waals surface area contributed by atoms with Crippen molar-refractivity contribution in [3.63, 3.8) is 0 Å². The highest BCUT2D eigenvalue weighted by molar-refractivity contribution is 6.00. The first kappa shape index (κ1) is 27.2. The van der Waals surface area contributed by atoms with Crippen molar-refractivity contribution in [3.8, 4) is 0 Å². The Kier molecular flexibility index (Phi) is 6.69. The van der Waals surface area contributed by atoms with Crippen molar-refractivity contribution in [2.24, 2.45) is 45.8 Å². The molecule has 0 saturated heterocycles. The Balaban J connectivity index is 1.68. The van der Waals surface area contributed by atoms with E-state index in [1.54, 1.807) is 0 Å². The van der Waals surface area contributed by atoms with Gasteiger partial charge in [0.15, 0.2) is 5.78 Å². The SMILES string of the molecule is CC(CC(=O)CC(C)C1CC(O)C2C3=C(C(=O)CC12C)C1(C)CCC(=O)C(C)(C)C1CC3O)C(=O)O. The van der Waals surface area contributed by atoms with Gasteiger partial charge in [-0.15, -0.1) is 0 Å². The molecule has 0 aliphatic heterocycles. The Morgan fingerprint density at radius 2 is 1.67 bits per heavy atom. The molecule has 7 nitrogen and oxygen atoms in total. The number of aliphatic carboxylic acids is 1. The normalized spacial score (nSPS) is 41.3. The number of carboxylic acids is 1. The summed E-state index contributed by atoms with van der Waals surface area (Å²) >= 11 is 0. The number of hydrogen-bond donors (Lipinski definition) is 3. The summed E-state index contributed by atoms with van der Waals surface area (Å²) in [5.74, 6) is -2.46. The van der Waals surface area contributed by atoms with E-state index in [9.17, 15) is 29.4 Å². The highest BCUT2D eigenvalue weighted by atomic mass is 16.4. The maximum atomic E-state index is 13.9. The van der Waals surface area contributed by atoms with E-state index in [2.05, 4.69) is 6.92 Å². The topological polar surface area (TPSA) is 129 Å². The average Bonchev–Trinajstić information content (AvgIpc) is 3.02. The van der Waals surface area contributed by atoms with Crippen LogP contribution >= 0.6 is 0 Å². The Morgan fingerprint density at radius 3 is 2.28 bits per heavy atom. The van der Waals surface area contributed by atoms with Crippen molar-refractivity contribution in [1.82, 2.24) is 0 Å². The minimum absolute atomic E-state index is 0.00252. The van der Waals surface area contributed by atoms with Gasteiger partial charge in [0, 0.05) is 48.0 Å². The van der Waals surface area contributed by atoms with Crippen LogP contribution in [0, 0.1) is 45.8 Å². The second kappa shape index (κ2) is 8.87. The Labute approximate surface area is 213 Å². The third-order valence-electron chi connectivity index (χ3n) is 10.7. The first-order valence-electron chi connectivity index (χ1n) is 13.5. The molecule has 0 radical (unpaired) electrons. The molecular weight excluding hydrogens is 460 g/mol. The Bertz CT molecular complexity index is 1020. The molecule has 0 aromatic heterocycles. The van der Waals surface area contributed by atoms with Crippen LogP contribution in [0.4, 0.5) is 0 Å². The van der Waals surface area contributed by atoms with Gasteiger partial charge in [0.25, 0.3) is 0 Å². The lowest BCUT2D eigenvalue weighted by Gasteiger charge is -2.58. The lowest BCUT2D eigenvalue weighted by Crippen LogP contribution is -2.57. The third kappa shape index (κ3) is 3.92. The van der Waals surface area contributed by atoms with Gasteiger partial charge in [-0.2, -0.15) is 0 Å². The molecule has 9 atom stereocenters. The summed E-state index contributed by atoms with van der Waals surface area (Å²) in [5, 5.41) is 32.0. The number of carboxylic acid groups (broad SMARTS) is 1. The number of aliphatic hydroxyl groups excluding tert-OH is 2. The van der Waals surface area contributed by atoms with Gasteiger partial charge < -0.3 is 15.3 Å². The summed E-state index contributed by atoms with van der Waals surface area (Å²) in [4.78, 5) is 50.5. The number of carbonyl (C=O) groups is 4. The molecule has 0 aromatic rings. The van der Waals surface area contributed by atoms with Crippen LogP contribution in [-0.4, -0.2) is 50.8 Å². The predicted molar refractivity (Wildman–Crippen MR) is 133 cm³/mol. The first-order valence-corrected chi connectivity index (χ1v) is 13.5. The molecule has 4 rings (SSSR count). The van der Waals surface area contributed by atoms with Crippen LogP contribution in [0.2, 0.25) is 0 Å². The van der Waals surface area contributed by atoms with E-state index in [1.165, 1.54) is 6.92 Å². The van der Waals surface area contributed by atoms with E-state index in [-0.39, 0.29) is 60.3 Å². The zero-order valence-electron chi connectivity index (χ0n) is 22.5. The number of ketones is 3. The number of Topliss-reactive ketones (excluding diaryl/α,β-unsaturated/α-hetero) is 3. The van der Waals surface area contributed by atoms with Gasteiger partial charge in [-0.25, -0.2) is 0 Å². The molecule has 200 valence electrons. The zero-order valence-corrected chi connectivity index (χ0v) is 22.5. The standard InChI is InChI=1S/C29H42O7/c1-14(9-16(30)10-15(2)26(35)36)17-11-19(32)24-23-18(31)12-21-27(3,4)22(34)7-8-28(21,5)25(23)20(33)13-29(17,24)6/h14-15,17-19,21,24,31-32H,7-13H2,1-6H3,(H,35,36). The van der Waals surface area contributed by atoms with Gasteiger partial charge in [0.1, 0.15) is 11.6 Å². The second-order valence-corrected chi connectivity index (χ2v) is 13.4. The fraction of sp³-hybridized carbons (Fsp3) is 0.793. The fourth-order valence-corrected chi connectivity index (χ4v) is 8.87. The number of aliphatic hydroxyl groups is 2. The number of allylic oxidation sites excluding steroid dienone is 1. The van der Waals surface area contributed by atoms with Crippen LogP contribution < -0.4 is 0 Å². The molecular formula is C29H42O7. The maximum absolute atomic E-state index is 13.9. The minimum atomic E-state index is -0.998. The van der Waals surface area contributed by atoms with Crippen molar-refractivity contribution in [2.75, 3.05) is 0 Å². The summed E-state index contributed by atoms with van der Waals surface area (Å²) in [6.07, 6.45) is 0.601. The fourth-order valence-electron chi connectivity index (χ4n) is 8.87. The molecule has 0 spiro atoms. The summed E-state index contributed by atoms with van der Waals surface area (Å²) in [6, 6.07) is 0. The summed E-state index contributed by atoms with van der Waals surface area (Å²) < 4.78 is 0. The van der Waals surface area contributed by atoms with Crippen LogP contribution in [0.5, 0.6) is 0 Å². The summed E-state index contributed by atoms with van der Waals surface area (Å²) in [5.41, 5.74) is -0.431. The van der Waals surface area contributed by atoms with Gasteiger partial charge in [0.2, 0.25) is 0 Å². The van der Waals surface area contributed by atoms with Crippen LogP contribution in [-0.2, 0) is 19.2 Å². The summed E-state index contributed by atoms with van der Waals surface area (Å²) in [6.45, 7) is 11.4. The molecule has 4 aliphatic rings. The van der Waals surface area contributed by atoms with Gasteiger partial charge in [0.05, 0.1) is 18.1 Å². The monoisotopic (exact) mass is 502 g/mol. The predicted octanol–water partition coefficient (Wildman–Crippen LogP) is 3.74. The van der Waals surface area contributed by atoms with Crippen molar-refractivity contribution in [1.29, 1.82) is 0 Å². The highest BCUT2D eigenvalue weighted by Crippen LogP contribution is 2.66. The number of rotatable bonds is 6. The van der Waals surface area contributed by atoms with Crippen LogP contribution in [0.25, 0.3) is 0 Å². The zero-order chi connectivity index (χ0) is 27.0. The van der Waals surface area contributed by atoms with E-state index >= 15 is 0 Å². The quantitative estimate of drug-likeness (QED) is 0.504. The highest BCUT2D eigenvalue weighted by Gasteiger charge is 2.65. The molecule has 9 unspecified atom stereocenters. The number of hydrogen-bond acceptors (Lipinski definition) is 6. The largest absolute Gasteiger partial charge is 0.481 e. The Hall–Kier alpha value is -1.86. The van der Waals surface area contributed by atoms with Gasteiger partial charge in [-0.1, -0.05) is 41.5 Å². The van der Waals surface area contributed by atoms with Crippen LogP contribution in [0.15, 0.2) is 11.1 Å². The maximum Gasteiger partial charge on any atom is 0.306 e. The first-order chi connectivity index (χ1) is 16.6. The third-order valence-corrected chi connectivity index (χ3v) is 10.7. The van der Waals surface area contributed by atoms with Gasteiger partial charge >= 0.3 is 5.97 Å². The average molecular weight is 503 g/mol. The van der Waals surface area contributed by atoms with Gasteiger partial charge in [-0.3, -0.25) is 19.2 Å². The molecule has 0 aromatic carbocycles. The lowest BCUT2D eigenvalue weighted by atomic mass is 9.45. The van der Waals surface area contributed by atoms with E-state index < -0.39 is 40.3 Å². The van der Waals surface area contributed by atoms with E-state index in [4.69, 9.17) is 5.11 Å². The Morgan fingerprint density at radius 1 is 1.03 bits per heavy atom. The lowest BCUT2D eigenvalue weighted by molar-refractivity contribution is -0.144. The number of carbonyl (C=O) groups excluding carboxylic acids is 3. The summed E-state index contributed by atoms with van der Waals surface area (Å²) in [7, 11) is 0. The molecule has 0 amide bonds. The minimum Gasteiger partial charge on any atom is -0.481 e. The number of fused-ring (bicyclic) bond motifs is 4. The molecule has 0 bridgehead atoms. The molecule has 4 aliphatic carbocycles. The van der Waals surface area contributed by atoms with E-state index in [0.717, 1.165) is 0 Å². The molecule has 0 heterocycles. The van der Waals surface area contributed by atoms with E-state index in [1.807, 2.05) is 27.7 Å². The molecule has 36 heavy (non-hydrogen) atoms. The van der Waals surface area contributed by atoms with Crippen molar-refractivity contribution in [2.45, 2.75) is 98.7 Å². The molecule has 7 heteroatoms. The molecule has 2 fully saturated rings. The van der Waals surface area contributed by atoms with Crippen LogP contribution in [0.3, 0.4) is 0 Å². The van der Waals surface area contributed by atoms with Crippen molar-refractivity contribution >= 4 is 23.3 Å². The van der Waals surface area contributed by atoms with E-state index in [0.29, 0.717) is 36.8 Å². The second-order valence-electron chi connectivity index (χ2n) is 13.4. The van der Waals surface area contributed by atoms with Crippen molar-refractivity contribution in [3.05, 3.63) is 11.1 Å². The molecule has 3 N–H and O–H groups in total. The smallest absolute Gasteiger partial charge is 0.306 e. The van der Waals surface area contributed by atoms with Crippen molar-refractivity contribution < 1.29 is 34.5 Å². The molecule has 2 saturated carbocycles. The van der Waals surface area contributed by atoms with Crippen LogP contribution in [0.1, 0.15) is 86.5 Å².